The Kier molecular flexibility index (Phi) is 6.46. The van der Waals surface area contributed by atoms with Crippen LogP contribution in [0.15, 0.2) is 46.0 Å². The summed E-state index contributed by atoms with van der Waals surface area (Å²) in [5, 5.41) is 9.98. The van der Waals surface area contributed by atoms with E-state index in [9.17, 15) is 9.59 Å². The summed E-state index contributed by atoms with van der Waals surface area (Å²) >= 11 is 1.38. The van der Waals surface area contributed by atoms with Crippen LogP contribution < -0.4 is 5.56 Å². The van der Waals surface area contributed by atoms with Crippen molar-refractivity contribution in [3.8, 4) is 0 Å². The van der Waals surface area contributed by atoms with Gasteiger partial charge in [0.2, 0.25) is 11.7 Å². The first-order valence-electron chi connectivity index (χ1n) is 11.0. The van der Waals surface area contributed by atoms with Crippen LogP contribution in [0.2, 0.25) is 0 Å². The van der Waals surface area contributed by atoms with Gasteiger partial charge in [-0.1, -0.05) is 43.8 Å². The standard InChI is InChI=1S/C23H29N5O2S/c1-4-26(17-9-5-6-10-17)20(29)15-31-23-25-24-22-27(14-13-16(2)3)21(30)18-11-7-8-12-19(18)28(22)23/h7-9,11-12,16H,4-6,10,13-15H2,1-3H3. The molecule has 2 aromatic heterocycles. The molecule has 0 fully saturated rings. The largest absolute Gasteiger partial charge is 0.316 e. The van der Waals surface area contributed by atoms with Gasteiger partial charge >= 0.3 is 0 Å². The topological polar surface area (TPSA) is 72.5 Å². The third-order valence-corrected chi connectivity index (χ3v) is 6.63. The van der Waals surface area contributed by atoms with Gasteiger partial charge in [-0.25, -0.2) is 0 Å². The number of benzene rings is 1. The van der Waals surface area contributed by atoms with Crippen LogP contribution in [0.4, 0.5) is 0 Å². The van der Waals surface area contributed by atoms with Gasteiger partial charge < -0.3 is 4.90 Å². The SMILES string of the molecule is CCN(C(=O)CSc1nnc2n(CCC(C)C)c(=O)c3ccccc3n12)C1=CCCC1. The zero-order valence-corrected chi connectivity index (χ0v) is 19.2. The molecule has 0 saturated heterocycles. The van der Waals surface area contributed by atoms with Crippen molar-refractivity contribution >= 4 is 34.3 Å². The van der Waals surface area contributed by atoms with E-state index >= 15 is 0 Å². The maximum atomic E-state index is 13.1. The molecule has 1 aliphatic carbocycles. The van der Waals surface area contributed by atoms with Gasteiger partial charge in [-0.2, -0.15) is 0 Å². The Labute approximate surface area is 186 Å². The highest BCUT2D eigenvalue weighted by molar-refractivity contribution is 7.99. The summed E-state index contributed by atoms with van der Waals surface area (Å²) < 4.78 is 3.63. The second-order valence-electron chi connectivity index (χ2n) is 8.29. The van der Waals surface area contributed by atoms with Crippen molar-refractivity contribution in [3.63, 3.8) is 0 Å². The van der Waals surface area contributed by atoms with E-state index in [1.54, 1.807) is 4.57 Å². The Morgan fingerprint density at radius 3 is 2.77 bits per heavy atom. The van der Waals surface area contributed by atoms with Crippen LogP contribution >= 0.6 is 11.8 Å². The summed E-state index contributed by atoms with van der Waals surface area (Å²) in [5.74, 6) is 1.36. The molecule has 0 radical (unpaired) electrons. The maximum Gasteiger partial charge on any atom is 0.262 e. The molecule has 0 bridgehead atoms. The maximum absolute atomic E-state index is 13.1. The molecule has 8 heteroatoms. The lowest BCUT2D eigenvalue weighted by molar-refractivity contribution is -0.126. The fourth-order valence-corrected chi connectivity index (χ4v) is 4.87. The second kappa shape index (κ2) is 9.26. The third-order valence-electron chi connectivity index (χ3n) is 5.71. The Bertz CT molecular complexity index is 1190. The molecule has 1 amide bonds. The van der Waals surface area contributed by atoms with Gasteiger partial charge in [-0.15, -0.1) is 10.2 Å². The predicted molar refractivity (Wildman–Crippen MR) is 124 cm³/mol. The Morgan fingerprint density at radius 2 is 2.06 bits per heavy atom. The summed E-state index contributed by atoms with van der Waals surface area (Å²) in [6.07, 6.45) is 6.16. The normalized spacial score (nSPS) is 14.0. The van der Waals surface area contributed by atoms with Gasteiger partial charge in [-0.05, 0) is 50.7 Å². The summed E-state index contributed by atoms with van der Waals surface area (Å²) in [7, 11) is 0. The summed E-state index contributed by atoms with van der Waals surface area (Å²) in [4.78, 5) is 27.9. The van der Waals surface area contributed by atoms with Crippen LogP contribution in [0.5, 0.6) is 0 Å². The molecular weight excluding hydrogens is 410 g/mol. The average Bonchev–Trinajstić information content (AvgIpc) is 3.43. The monoisotopic (exact) mass is 439 g/mol. The molecule has 2 heterocycles. The number of aryl methyl sites for hydroxylation is 1. The number of carbonyl (C=O) groups is 1. The molecular formula is C23H29N5O2S. The lowest BCUT2D eigenvalue weighted by atomic mass is 10.1. The number of carbonyl (C=O) groups excluding carboxylic acids is 1. The number of fused-ring (bicyclic) bond motifs is 3. The van der Waals surface area contributed by atoms with Crippen molar-refractivity contribution in [1.29, 1.82) is 0 Å². The highest BCUT2D eigenvalue weighted by Crippen LogP contribution is 2.25. The highest BCUT2D eigenvalue weighted by atomic mass is 32.2. The van der Waals surface area contributed by atoms with Crippen molar-refractivity contribution < 1.29 is 4.79 Å². The number of hydrogen-bond acceptors (Lipinski definition) is 5. The smallest absolute Gasteiger partial charge is 0.262 e. The molecule has 0 saturated carbocycles. The van der Waals surface area contributed by atoms with Gasteiger partial charge in [0.05, 0.1) is 16.7 Å². The number of amides is 1. The number of hydrogen-bond donors (Lipinski definition) is 0. The molecule has 31 heavy (non-hydrogen) atoms. The lowest BCUT2D eigenvalue weighted by Crippen LogP contribution is -2.31. The van der Waals surface area contributed by atoms with E-state index in [1.165, 1.54) is 11.8 Å². The number of aromatic nitrogens is 4. The van der Waals surface area contributed by atoms with Crippen molar-refractivity contribution in [2.75, 3.05) is 12.3 Å². The van der Waals surface area contributed by atoms with Gasteiger partial charge in [0.25, 0.3) is 5.56 Å². The molecule has 4 rings (SSSR count). The van der Waals surface area contributed by atoms with Crippen molar-refractivity contribution in [1.82, 2.24) is 24.1 Å². The Hall–Kier alpha value is -2.61. The minimum absolute atomic E-state index is 0.0471. The molecule has 0 N–H and O–H groups in total. The molecule has 164 valence electrons. The first-order chi connectivity index (χ1) is 15.0. The van der Waals surface area contributed by atoms with E-state index in [1.807, 2.05) is 40.5 Å². The molecule has 3 aromatic rings. The van der Waals surface area contributed by atoms with Crippen LogP contribution in [-0.4, -0.2) is 42.3 Å². The summed E-state index contributed by atoms with van der Waals surface area (Å²) in [6.45, 7) is 7.54. The molecule has 1 aliphatic rings. The fourth-order valence-electron chi connectivity index (χ4n) is 4.06. The van der Waals surface area contributed by atoms with E-state index < -0.39 is 0 Å². The third kappa shape index (κ3) is 4.26. The predicted octanol–water partition coefficient (Wildman–Crippen LogP) is 4.10. The molecule has 0 aliphatic heterocycles. The lowest BCUT2D eigenvalue weighted by Gasteiger charge is -2.22. The molecule has 0 spiro atoms. The van der Waals surface area contributed by atoms with Gasteiger partial charge in [0, 0.05) is 18.8 Å². The second-order valence-corrected chi connectivity index (χ2v) is 9.23. The first-order valence-corrected chi connectivity index (χ1v) is 12.0. The number of thioether (sulfide) groups is 1. The van der Waals surface area contributed by atoms with Crippen LogP contribution in [0.3, 0.4) is 0 Å². The minimum atomic E-state index is -0.0471. The zero-order valence-electron chi connectivity index (χ0n) is 18.4. The molecule has 0 unspecified atom stereocenters. The van der Waals surface area contributed by atoms with Crippen molar-refractivity contribution in [2.24, 2.45) is 5.92 Å². The Morgan fingerprint density at radius 1 is 1.26 bits per heavy atom. The van der Waals surface area contributed by atoms with Crippen LogP contribution in [0.25, 0.3) is 16.7 Å². The first kappa shape index (κ1) is 21.6. The van der Waals surface area contributed by atoms with E-state index in [2.05, 4.69) is 30.1 Å². The number of para-hydroxylation sites is 1. The fraction of sp³-hybridized carbons (Fsp3) is 0.478. The van der Waals surface area contributed by atoms with E-state index in [-0.39, 0.29) is 17.2 Å². The van der Waals surface area contributed by atoms with Crippen LogP contribution in [0.1, 0.15) is 46.5 Å². The van der Waals surface area contributed by atoms with E-state index in [4.69, 9.17) is 0 Å². The quantitative estimate of drug-likeness (QED) is 0.494. The molecule has 1 aromatic carbocycles. The molecule has 0 atom stereocenters. The van der Waals surface area contributed by atoms with Gasteiger partial charge in [0.1, 0.15) is 0 Å². The highest BCUT2D eigenvalue weighted by Gasteiger charge is 2.21. The van der Waals surface area contributed by atoms with Crippen molar-refractivity contribution in [2.45, 2.75) is 58.2 Å². The zero-order chi connectivity index (χ0) is 22.0. The average molecular weight is 440 g/mol. The summed E-state index contributed by atoms with van der Waals surface area (Å²) in [6, 6.07) is 7.53. The minimum Gasteiger partial charge on any atom is -0.316 e. The number of allylic oxidation sites excluding steroid dienone is 2. The van der Waals surface area contributed by atoms with Gasteiger partial charge in [0.15, 0.2) is 5.16 Å². The van der Waals surface area contributed by atoms with Crippen molar-refractivity contribution in [3.05, 3.63) is 46.4 Å². The van der Waals surface area contributed by atoms with Crippen LogP contribution in [-0.2, 0) is 11.3 Å². The number of rotatable bonds is 8. The van der Waals surface area contributed by atoms with E-state index in [0.717, 1.165) is 36.9 Å². The van der Waals surface area contributed by atoms with Gasteiger partial charge in [-0.3, -0.25) is 18.6 Å². The molecule has 7 nitrogen and oxygen atoms in total. The van der Waals surface area contributed by atoms with Crippen LogP contribution in [0, 0.1) is 5.92 Å². The summed E-state index contributed by atoms with van der Waals surface area (Å²) in [5.41, 5.74) is 1.86. The van der Waals surface area contributed by atoms with E-state index in [0.29, 0.717) is 35.3 Å². The number of nitrogens with zero attached hydrogens (tertiary/aromatic N) is 5. The Balaban J connectivity index is 1.69.